The Balaban J connectivity index is 1.91. The van der Waals surface area contributed by atoms with Crippen molar-refractivity contribution in [3.63, 3.8) is 0 Å². The second-order valence-electron chi connectivity index (χ2n) is 4.94. The monoisotopic (exact) mass is 307 g/mol. The summed E-state index contributed by atoms with van der Waals surface area (Å²) < 4.78 is 5.54. The van der Waals surface area contributed by atoms with Gasteiger partial charge in [0.15, 0.2) is 0 Å². The number of imide groups is 1. The summed E-state index contributed by atoms with van der Waals surface area (Å²) in [4.78, 5) is 33.3. The third kappa shape index (κ3) is 4.14. The first-order chi connectivity index (χ1) is 10.6. The standard InChI is InChI=1S/C14H21N5O3/c1-3-22-13-10-8-19(6-4-11(10)16-9-17-13)7-5-12(20)18-14(21)15-2/h9H,3-8H2,1-2H3,(H2,15,18,20,21). The Morgan fingerprint density at radius 3 is 2.95 bits per heavy atom. The summed E-state index contributed by atoms with van der Waals surface area (Å²) in [6.07, 6.45) is 2.59. The van der Waals surface area contributed by atoms with E-state index in [9.17, 15) is 9.59 Å². The van der Waals surface area contributed by atoms with E-state index in [0.29, 0.717) is 25.6 Å². The van der Waals surface area contributed by atoms with Crippen LogP contribution in [-0.4, -0.2) is 53.6 Å². The van der Waals surface area contributed by atoms with Crippen LogP contribution in [0.3, 0.4) is 0 Å². The summed E-state index contributed by atoms with van der Waals surface area (Å²) in [6, 6.07) is -0.485. The molecule has 1 aromatic heterocycles. The Kier molecular flexibility index (Phi) is 5.65. The van der Waals surface area contributed by atoms with Crippen LogP contribution in [0.1, 0.15) is 24.6 Å². The lowest BCUT2D eigenvalue weighted by Crippen LogP contribution is -2.40. The van der Waals surface area contributed by atoms with Gasteiger partial charge in [0, 0.05) is 45.1 Å². The predicted octanol–water partition coefficient (Wildman–Crippen LogP) is 0.0791. The average molecular weight is 307 g/mol. The number of ether oxygens (including phenoxy) is 1. The molecule has 0 aromatic carbocycles. The van der Waals surface area contributed by atoms with Crippen LogP contribution in [0.15, 0.2) is 6.33 Å². The third-order valence-corrected chi connectivity index (χ3v) is 3.46. The highest BCUT2D eigenvalue weighted by atomic mass is 16.5. The first-order valence-electron chi connectivity index (χ1n) is 7.33. The van der Waals surface area contributed by atoms with E-state index in [1.165, 1.54) is 13.4 Å². The lowest BCUT2D eigenvalue weighted by molar-refractivity contribution is -0.120. The van der Waals surface area contributed by atoms with Crippen LogP contribution in [0, 0.1) is 0 Å². The Labute approximate surface area is 129 Å². The molecule has 2 heterocycles. The van der Waals surface area contributed by atoms with Gasteiger partial charge in [0.25, 0.3) is 0 Å². The number of urea groups is 1. The van der Waals surface area contributed by atoms with Gasteiger partial charge in [-0.3, -0.25) is 15.0 Å². The molecule has 1 aliphatic rings. The summed E-state index contributed by atoms with van der Waals surface area (Å²) in [5, 5.41) is 4.61. The number of amides is 3. The van der Waals surface area contributed by atoms with Gasteiger partial charge in [0.2, 0.25) is 11.8 Å². The van der Waals surface area contributed by atoms with E-state index in [0.717, 1.165) is 24.2 Å². The molecule has 0 aliphatic carbocycles. The van der Waals surface area contributed by atoms with E-state index in [4.69, 9.17) is 4.74 Å². The maximum Gasteiger partial charge on any atom is 0.321 e. The van der Waals surface area contributed by atoms with Gasteiger partial charge in [-0.25, -0.2) is 14.8 Å². The van der Waals surface area contributed by atoms with Crippen LogP contribution in [0.2, 0.25) is 0 Å². The summed E-state index contributed by atoms with van der Waals surface area (Å²) >= 11 is 0. The molecule has 8 heteroatoms. The molecule has 0 atom stereocenters. The summed E-state index contributed by atoms with van der Waals surface area (Å²) in [7, 11) is 1.47. The fraction of sp³-hybridized carbons (Fsp3) is 0.571. The molecular weight excluding hydrogens is 286 g/mol. The van der Waals surface area contributed by atoms with Gasteiger partial charge in [-0.05, 0) is 6.92 Å². The minimum atomic E-state index is -0.485. The smallest absolute Gasteiger partial charge is 0.321 e. The Bertz CT molecular complexity index is 549. The normalized spacial score (nSPS) is 14.1. The van der Waals surface area contributed by atoms with E-state index in [1.54, 1.807) is 0 Å². The van der Waals surface area contributed by atoms with E-state index in [-0.39, 0.29) is 12.3 Å². The van der Waals surface area contributed by atoms with Crippen LogP contribution in [0.4, 0.5) is 4.79 Å². The average Bonchev–Trinajstić information content (AvgIpc) is 2.53. The van der Waals surface area contributed by atoms with Gasteiger partial charge in [-0.2, -0.15) is 0 Å². The number of carbonyl (C=O) groups excluding carboxylic acids is 2. The zero-order valence-corrected chi connectivity index (χ0v) is 12.9. The minimum absolute atomic E-state index is 0.264. The summed E-state index contributed by atoms with van der Waals surface area (Å²) in [5.41, 5.74) is 1.99. The molecule has 0 saturated carbocycles. The predicted molar refractivity (Wildman–Crippen MR) is 79.4 cm³/mol. The topological polar surface area (TPSA) is 96.5 Å². The molecular formula is C14H21N5O3. The lowest BCUT2D eigenvalue weighted by atomic mass is 10.1. The van der Waals surface area contributed by atoms with Crippen LogP contribution in [-0.2, 0) is 17.8 Å². The molecule has 0 spiro atoms. The van der Waals surface area contributed by atoms with E-state index in [2.05, 4.69) is 25.5 Å². The van der Waals surface area contributed by atoms with Crippen molar-refractivity contribution in [3.8, 4) is 5.88 Å². The van der Waals surface area contributed by atoms with Crippen molar-refractivity contribution in [2.45, 2.75) is 26.3 Å². The fourth-order valence-corrected chi connectivity index (χ4v) is 2.33. The number of rotatable bonds is 5. The molecule has 0 fully saturated rings. The third-order valence-electron chi connectivity index (χ3n) is 3.46. The number of hydrogen-bond donors (Lipinski definition) is 2. The van der Waals surface area contributed by atoms with Gasteiger partial charge in [0.1, 0.15) is 6.33 Å². The molecule has 3 amide bonds. The van der Waals surface area contributed by atoms with Crippen molar-refractivity contribution in [2.24, 2.45) is 0 Å². The molecule has 8 nitrogen and oxygen atoms in total. The molecule has 0 saturated heterocycles. The molecule has 2 N–H and O–H groups in total. The maximum absolute atomic E-state index is 11.6. The first kappa shape index (κ1) is 16.2. The Hall–Kier alpha value is -2.22. The van der Waals surface area contributed by atoms with Crippen molar-refractivity contribution in [1.29, 1.82) is 0 Å². The second-order valence-corrected chi connectivity index (χ2v) is 4.94. The van der Waals surface area contributed by atoms with Crippen molar-refractivity contribution < 1.29 is 14.3 Å². The number of nitrogens with zero attached hydrogens (tertiary/aromatic N) is 3. The van der Waals surface area contributed by atoms with Crippen molar-refractivity contribution >= 4 is 11.9 Å². The highest BCUT2D eigenvalue weighted by Gasteiger charge is 2.22. The van der Waals surface area contributed by atoms with Crippen molar-refractivity contribution in [1.82, 2.24) is 25.5 Å². The molecule has 22 heavy (non-hydrogen) atoms. The lowest BCUT2D eigenvalue weighted by Gasteiger charge is -2.28. The Morgan fingerprint density at radius 1 is 1.41 bits per heavy atom. The molecule has 0 bridgehead atoms. The van der Waals surface area contributed by atoms with Crippen LogP contribution < -0.4 is 15.4 Å². The number of nitrogens with one attached hydrogen (secondary N) is 2. The molecule has 0 radical (unpaired) electrons. The van der Waals surface area contributed by atoms with Gasteiger partial charge < -0.3 is 10.1 Å². The molecule has 0 unspecified atom stereocenters. The van der Waals surface area contributed by atoms with Crippen LogP contribution in [0.5, 0.6) is 5.88 Å². The molecule has 1 aromatic rings. The molecule has 1 aliphatic heterocycles. The van der Waals surface area contributed by atoms with Crippen molar-refractivity contribution in [3.05, 3.63) is 17.6 Å². The van der Waals surface area contributed by atoms with E-state index < -0.39 is 6.03 Å². The SMILES string of the molecule is CCOc1ncnc2c1CN(CCC(=O)NC(=O)NC)CC2. The van der Waals surface area contributed by atoms with Gasteiger partial charge >= 0.3 is 6.03 Å². The fourth-order valence-electron chi connectivity index (χ4n) is 2.33. The van der Waals surface area contributed by atoms with Crippen LogP contribution in [0.25, 0.3) is 0 Å². The maximum atomic E-state index is 11.6. The van der Waals surface area contributed by atoms with Gasteiger partial charge in [0.05, 0.1) is 12.3 Å². The summed E-state index contributed by atoms with van der Waals surface area (Å²) in [5.74, 6) is 0.325. The number of aromatic nitrogens is 2. The number of hydrogen-bond acceptors (Lipinski definition) is 6. The zero-order valence-electron chi connectivity index (χ0n) is 12.9. The van der Waals surface area contributed by atoms with Crippen molar-refractivity contribution in [2.75, 3.05) is 26.7 Å². The molecule has 120 valence electrons. The largest absolute Gasteiger partial charge is 0.478 e. The molecule has 2 rings (SSSR count). The minimum Gasteiger partial charge on any atom is -0.478 e. The van der Waals surface area contributed by atoms with E-state index >= 15 is 0 Å². The number of fused-ring (bicyclic) bond motifs is 1. The first-order valence-corrected chi connectivity index (χ1v) is 7.33. The Morgan fingerprint density at radius 2 is 2.23 bits per heavy atom. The summed E-state index contributed by atoms with van der Waals surface area (Å²) in [6.45, 7) is 4.51. The second kappa shape index (κ2) is 7.69. The highest BCUT2D eigenvalue weighted by Crippen LogP contribution is 2.24. The van der Waals surface area contributed by atoms with Crippen LogP contribution >= 0.6 is 0 Å². The highest BCUT2D eigenvalue weighted by molar-refractivity contribution is 5.94. The number of carbonyl (C=O) groups is 2. The quantitative estimate of drug-likeness (QED) is 0.799. The zero-order chi connectivity index (χ0) is 15.9. The van der Waals surface area contributed by atoms with Gasteiger partial charge in [-0.1, -0.05) is 0 Å². The van der Waals surface area contributed by atoms with E-state index in [1.807, 2.05) is 6.92 Å². The van der Waals surface area contributed by atoms with Gasteiger partial charge in [-0.15, -0.1) is 0 Å².